The molecule has 0 saturated carbocycles. The van der Waals surface area contributed by atoms with E-state index in [4.69, 9.17) is 21.1 Å². The number of ether oxygens (including phenoxy) is 2. The third-order valence-electron chi connectivity index (χ3n) is 1.85. The summed E-state index contributed by atoms with van der Waals surface area (Å²) in [5.41, 5.74) is 0. The van der Waals surface area contributed by atoms with Crippen LogP contribution in [-0.4, -0.2) is 36.4 Å². The first-order chi connectivity index (χ1) is 8.15. The number of aromatic nitrogens is 1. The molecule has 1 unspecified atom stereocenters. The molecule has 7 nitrogen and oxygen atoms in total. The summed E-state index contributed by atoms with van der Waals surface area (Å²) in [6, 6.07) is -0.684. The van der Waals surface area contributed by atoms with E-state index in [0.717, 1.165) is 11.3 Å². The highest BCUT2D eigenvalue weighted by atomic mass is 35.5. The number of anilines is 1. The lowest BCUT2D eigenvalue weighted by atomic mass is 10.3. The summed E-state index contributed by atoms with van der Waals surface area (Å²) in [7, 11) is 0. The van der Waals surface area contributed by atoms with Crippen molar-refractivity contribution in [2.75, 3.05) is 18.7 Å². The van der Waals surface area contributed by atoms with Crippen LogP contribution < -0.4 is 10.6 Å². The van der Waals surface area contributed by atoms with E-state index < -0.39 is 18.0 Å². The molecule has 0 spiro atoms. The predicted octanol–water partition coefficient (Wildman–Crippen LogP) is 0.817. The summed E-state index contributed by atoms with van der Waals surface area (Å²) in [5, 5.41) is 4.79. The highest BCUT2D eigenvalue weighted by molar-refractivity contribution is 7.19. The van der Waals surface area contributed by atoms with Crippen molar-refractivity contribution < 1.29 is 19.1 Å². The number of hydrogen-bond donors (Lipinski definition) is 2. The van der Waals surface area contributed by atoms with Crippen molar-refractivity contribution in [1.82, 2.24) is 10.3 Å². The van der Waals surface area contributed by atoms with Crippen molar-refractivity contribution in [3.63, 3.8) is 0 Å². The highest BCUT2D eigenvalue weighted by Gasteiger charge is 2.25. The number of hydrogen-bond acceptors (Lipinski definition) is 6. The van der Waals surface area contributed by atoms with Gasteiger partial charge in [-0.1, -0.05) is 22.9 Å². The Kier molecular flexibility index (Phi) is 3.89. The van der Waals surface area contributed by atoms with Crippen LogP contribution in [0.1, 0.15) is 0 Å². The number of carbonyl (C=O) groups is 2. The van der Waals surface area contributed by atoms with Crippen LogP contribution in [0.4, 0.5) is 9.93 Å². The molecular weight excluding hydrogens is 270 g/mol. The molecule has 2 rings (SSSR count). The lowest BCUT2D eigenvalue weighted by Gasteiger charge is -2.07. The lowest BCUT2D eigenvalue weighted by Crippen LogP contribution is -2.41. The summed E-state index contributed by atoms with van der Waals surface area (Å²) in [6.45, 7) is 0.198. The van der Waals surface area contributed by atoms with E-state index in [1.807, 2.05) is 0 Å². The molecule has 2 N–H and O–H groups in total. The molecular formula is C8H8ClN3O4S. The second-order valence-electron chi connectivity index (χ2n) is 3.06. The van der Waals surface area contributed by atoms with Gasteiger partial charge in [-0.15, -0.1) is 0 Å². The minimum Gasteiger partial charge on any atom is -0.352 e. The van der Waals surface area contributed by atoms with E-state index in [9.17, 15) is 9.59 Å². The van der Waals surface area contributed by atoms with E-state index in [2.05, 4.69) is 15.6 Å². The topological polar surface area (TPSA) is 89.6 Å². The molecule has 1 atom stereocenters. The maximum atomic E-state index is 11.4. The molecule has 0 aliphatic carbocycles. The van der Waals surface area contributed by atoms with Crippen molar-refractivity contribution in [2.24, 2.45) is 0 Å². The van der Waals surface area contributed by atoms with Gasteiger partial charge in [-0.3, -0.25) is 15.4 Å². The first-order valence-electron chi connectivity index (χ1n) is 4.57. The number of halogens is 1. The van der Waals surface area contributed by atoms with Gasteiger partial charge in [0.2, 0.25) is 0 Å². The smallest absolute Gasteiger partial charge is 0.327 e. The van der Waals surface area contributed by atoms with Gasteiger partial charge in [0.25, 0.3) is 5.91 Å². The van der Waals surface area contributed by atoms with Crippen molar-refractivity contribution in [1.29, 1.82) is 0 Å². The van der Waals surface area contributed by atoms with Crippen LogP contribution in [0.25, 0.3) is 0 Å². The van der Waals surface area contributed by atoms with Gasteiger partial charge in [0.05, 0.1) is 12.8 Å². The quantitative estimate of drug-likeness (QED) is 0.835. The van der Waals surface area contributed by atoms with Gasteiger partial charge < -0.3 is 9.47 Å². The van der Waals surface area contributed by atoms with Gasteiger partial charge in [-0.05, 0) is 0 Å². The van der Waals surface area contributed by atoms with Crippen molar-refractivity contribution >= 4 is 40.0 Å². The third kappa shape index (κ3) is 3.37. The van der Waals surface area contributed by atoms with Gasteiger partial charge in [0.1, 0.15) is 11.1 Å². The second kappa shape index (κ2) is 5.41. The molecule has 3 amide bonds. The van der Waals surface area contributed by atoms with Gasteiger partial charge in [-0.2, -0.15) is 0 Å². The normalized spacial score (nSPS) is 19.0. The van der Waals surface area contributed by atoms with Crippen LogP contribution in [0, 0.1) is 0 Å². The number of urea groups is 1. The van der Waals surface area contributed by atoms with Gasteiger partial charge >= 0.3 is 6.03 Å². The number of rotatable bonds is 2. The van der Waals surface area contributed by atoms with Crippen LogP contribution in [0.2, 0.25) is 4.34 Å². The minimum atomic E-state index is -0.749. The Balaban J connectivity index is 1.82. The molecule has 1 saturated heterocycles. The maximum absolute atomic E-state index is 11.4. The van der Waals surface area contributed by atoms with E-state index in [1.54, 1.807) is 0 Å². The van der Waals surface area contributed by atoms with E-state index >= 15 is 0 Å². The van der Waals surface area contributed by atoms with Crippen molar-refractivity contribution in [3.05, 3.63) is 10.5 Å². The molecule has 1 aliphatic rings. The number of carbonyl (C=O) groups excluding carboxylic acids is 2. The van der Waals surface area contributed by atoms with Crippen LogP contribution in [0.5, 0.6) is 0 Å². The zero-order chi connectivity index (χ0) is 12.3. The number of imide groups is 1. The summed E-state index contributed by atoms with van der Waals surface area (Å²) in [5.74, 6) is -0.553. The molecule has 9 heteroatoms. The first-order valence-corrected chi connectivity index (χ1v) is 5.77. The summed E-state index contributed by atoms with van der Waals surface area (Å²) in [4.78, 5) is 26.6. The Morgan fingerprint density at radius 3 is 3.00 bits per heavy atom. The van der Waals surface area contributed by atoms with Gasteiger partial charge in [-0.25, -0.2) is 9.78 Å². The van der Waals surface area contributed by atoms with Crippen molar-refractivity contribution in [3.8, 4) is 0 Å². The summed E-state index contributed by atoms with van der Waals surface area (Å²) in [6.07, 6.45) is 0.651. The number of nitrogens with zero attached hydrogens (tertiary/aromatic N) is 1. The standard InChI is InChI=1S/C8H8ClN3O4S/c9-5-1-10-8(17-5)12-7(14)11-6(13)4-2-15-3-16-4/h1,4H,2-3H2,(H2,10,11,12,13,14). The highest BCUT2D eigenvalue weighted by Crippen LogP contribution is 2.22. The fourth-order valence-corrected chi connectivity index (χ4v) is 1.93. The Morgan fingerprint density at radius 2 is 2.41 bits per heavy atom. The molecule has 0 radical (unpaired) electrons. The largest absolute Gasteiger partial charge is 0.352 e. The molecule has 1 fully saturated rings. The number of amides is 3. The molecule has 17 heavy (non-hydrogen) atoms. The Labute approximate surface area is 105 Å². The SMILES string of the molecule is O=C(NC(=O)C1COCO1)Nc1ncc(Cl)s1. The molecule has 0 bridgehead atoms. The van der Waals surface area contributed by atoms with Crippen LogP contribution in [0.15, 0.2) is 6.20 Å². The van der Waals surface area contributed by atoms with E-state index in [1.165, 1.54) is 6.20 Å². The lowest BCUT2D eigenvalue weighted by molar-refractivity contribution is -0.128. The fraction of sp³-hybridized carbons (Fsp3) is 0.375. The molecule has 2 heterocycles. The van der Waals surface area contributed by atoms with Crippen LogP contribution in [0.3, 0.4) is 0 Å². The predicted molar refractivity (Wildman–Crippen MR) is 60.0 cm³/mol. The average molecular weight is 278 g/mol. The van der Waals surface area contributed by atoms with Gasteiger partial charge in [0, 0.05) is 0 Å². The van der Waals surface area contributed by atoms with Gasteiger partial charge in [0.15, 0.2) is 11.2 Å². The summed E-state index contributed by atoms with van der Waals surface area (Å²) < 4.78 is 10.2. The van der Waals surface area contributed by atoms with Crippen molar-refractivity contribution in [2.45, 2.75) is 6.10 Å². The Morgan fingerprint density at radius 1 is 1.59 bits per heavy atom. The first kappa shape index (κ1) is 12.2. The zero-order valence-electron chi connectivity index (χ0n) is 8.44. The monoisotopic (exact) mass is 277 g/mol. The number of thiazole rings is 1. The van der Waals surface area contributed by atoms with Crippen LogP contribution >= 0.6 is 22.9 Å². The fourth-order valence-electron chi connectivity index (χ4n) is 1.12. The maximum Gasteiger partial charge on any atom is 0.327 e. The molecule has 1 aliphatic heterocycles. The van der Waals surface area contributed by atoms with E-state index in [0.29, 0.717) is 9.47 Å². The zero-order valence-corrected chi connectivity index (χ0v) is 10.0. The molecule has 92 valence electrons. The third-order valence-corrected chi connectivity index (χ3v) is 2.88. The minimum absolute atomic E-state index is 0.0573. The Bertz CT molecular complexity index is 432. The summed E-state index contributed by atoms with van der Waals surface area (Å²) >= 11 is 6.72. The second-order valence-corrected chi connectivity index (χ2v) is 4.72. The molecule has 0 aromatic carbocycles. The molecule has 1 aromatic rings. The Hall–Kier alpha value is -1.22. The average Bonchev–Trinajstić information content (AvgIpc) is 2.89. The molecule has 1 aromatic heterocycles. The number of nitrogens with one attached hydrogen (secondary N) is 2. The van der Waals surface area contributed by atoms with E-state index in [-0.39, 0.29) is 13.4 Å². The van der Waals surface area contributed by atoms with Crippen LogP contribution in [-0.2, 0) is 14.3 Å².